The topological polar surface area (TPSA) is 37.3 Å². The molecule has 15 heavy (non-hydrogen) atoms. The largest absolute Gasteiger partial charge is 0.478 e. The third-order valence-electron chi connectivity index (χ3n) is 1.84. The summed E-state index contributed by atoms with van der Waals surface area (Å²) in [5.41, 5.74) is 0.433. The standard InChI is InChI=1S/C10H8O2S3/c11-10(12)8-2-4-14-9(8)6-15-7-1-3-13-5-7/h1-5H,6H2,(H,11,12). The first kappa shape index (κ1) is 10.7. The summed E-state index contributed by atoms with van der Waals surface area (Å²) in [5.74, 6) is -0.104. The molecule has 0 aliphatic carbocycles. The molecule has 0 bridgehead atoms. The van der Waals surface area contributed by atoms with Gasteiger partial charge in [0.05, 0.1) is 5.56 Å². The number of thioether (sulfide) groups is 1. The highest BCUT2D eigenvalue weighted by atomic mass is 32.2. The molecule has 0 unspecified atom stereocenters. The van der Waals surface area contributed by atoms with Crippen molar-refractivity contribution in [1.82, 2.24) is 0 Å². The lowest BCUT2D eigenvalue weighted by atomic mass is 10.3. The van der Waals surface area contributed by atoms with Gasteiger partial charge in [0.2, 0.25) is 0 Å². The highest BCUT2D eigenvalue weighted by Gasteiger charge is 2.11. The van der Waals surface area contributed by atoms with Crippen molar-refractivity contribution in [2.24, 2.45) is 0 Å². The summed E-state index contributed by atoms with van der Waals surface area (Å²) in [6.07, 6.45) is 0. The van der Waals surface area contributed by atoms with E-state index in [0.717, 1.165) is 10.6 Å². The van der Waals surface area contributed by atoms with E-state index in [9.17, 15) is 4.79 Å². The van der Waals surface area contributed by atoms with E-state index in [1.54, 1.807) is 29.2 Å². The molecule has 2 aromatic heterocycles. The fourth-order valence-electron chi connectivity index (χ4n) is 1.13. The average molecular weight is 256 g/mol. The van der Waals surface area contributed by atoms with Gasteiger partial charge in [0.1, 0.15) is 0 Å². The predicted octanol–water partition coefficient (Wildman–Crippen LogP) is 3.80. The van der Waals surface area contributed by atoms with E-state index in [4.69, 9.17) is 5.11 Å². The van der Waals surface area contributed by atoms with Gasteiger partial charge in [0.15, 0.2) is 0 Å². The summed E-state index contributed by atoms with van der Waals surface area (Å²) in [6, 6.07) is 3.71. The highest BCUT2D eigenvalue weighted by Crippen LogP contribution is 2.28. The van der Waals surface area contributed by atoms with Crippen molar-refractivity contribution in [2.75, 3.05) is 0 Å². The SMILES string of the molecule is O=C(O)c1ccsc1CSc1ccsc1. The van der Waals surface area contributed by atoms with Crippen molar-refractivity contribution in [3.8, 4) is 0 Å². The molecule has 0 aromatic carbocycles. The average Bonchev–Trinajstić information content (AvgIpc) is 2.86. The van der Waals surface area contributed by atoms with Crippen LogP contribution in [0.15, 0.2) is 33.2 Å². The molecule has 5 heteroatoms. The molecule has 0 aliphatic rings. The van der Waals surface area contributed by atoms with Gasteiger partial charge >= 0.3 is 5.97 Å². The lowest BCUT2D eigenvalue weighted by molar-refractivity contribution is 0.0696. The normalized spacial score (nSPS) is 10.4. The van der Waals surface area contributed by atoms with Crippen LogP contribution in [0, 0.1) is 0 Å². The van der Waals surface area contributed by atoms with E-state index in [1.165, 1.54) is 16.2 Å². The first-order chi connectivity index (χ1) is 7.27. The number of carboxylic acid groups (broad SMARTS) is 1. The van der Waals surface area contributed by atoms with Crippen molar-refractivity contribution >= 4 is 40.4 Å². The van der Waals surface area contributed by atoms with Crippen LogP contribution in [0.25, 0.3) is 0 Å². The second-order valence-electron chi connectivity index (χ2n) is 2.81. The van der Waals surface area contributed by atoms with E-state index >= 15 is 0 Å². The summed E-state index contributed by atoms with van der Waals surface area (Å²) in [4.78, 5) is 13.0. The van der Waals surface area contributed by atoms with Crippen molar-refractivity contribution in [2.45, 2.75) is 10.6 Å². The van der Waals surface area contributed by atoms with Gasteiger partial charge in [-0.2, -0.15) is 11.3 Å². The molecule has 0 spiro atoms. The Balaban J connectivity index is 2.05. The van der Waals surface area contributed by atoms with Gasteiger partial charge in [-0.15, -0.1) is 23.1 Å². The molecule has 78 valence electrons. The molecule has 2 aromatic rings. The summed E-state index contributed by atoms with van der Waals surface area (Å²) in [6.45, 7) is 0. The molecule has 0 atom stereocenters. The van der Waals surface area contributed by atoms with Crippen molar-refractivity contribution in [3.05, 3.63) is 38.7 Å². The quantitative estimate of drug-likeness (QED) is 0.845. The van der Waals surface area contributed by atoms with Gasteiger partial charge in [-0.3, -0.25) is 0 Å². The number of hydrogen-bond acceptors (Lipinski definition) is 4. The van der Waals surface area contributed by atoms with E-state index < -0.39 is 5.97 Å². The Bertz CT molecular complexity index is 445. The zero-order valence-electron chi connectivity index (χ0n) is 7.67. The number of carboxylic acids is 1. The Hall–Kier alpha value is -0.780. The van der Waals surface area contributed by atoms with Gasteiger partial charge in [-0.25, -0.2) is 4.79 Å². The fourth-order valence-corrected chi connectivity index (χ4v) is 3.88. The van der Waals surface area contributed by atoms with E-state index in [-0.39, 0.29) is 0 Å². The minimum atomic E-state index is -0.836. The van der Waals surface area contributed by atoms with Crippen LogP contribution in [0.1, 0.15) is 15.2 Å². The van der Waals surface area contributed by atoms with Crippen LogP contribution in [0.2, 0.25) is 0 Å². The second-order valence-corrected chi connectivity index (χ2v) is 5.64. The van der Waals surface area contributed by atoms with Crippen molar-refractivity contribution < 1.29 is 9.90 Å². The fraction of sp³-hybridized carbons (Fsp3) is 0.100. The van der Waals surface area contributed by atoms with Crippen molar-refractivity contribution in [1.29, 1.82) is 0 Å². The molecule has 0 saturated carbocycles. The van der Waals surface area contributed by atoms with Crippen LogP contribution >= 0.6 is 34.4 Å². The van der Waals surface area contributed by atoms with Crippen LogP contribution in [-0.2, 0) is 5.75 Å². The first-order valence-electron chi connectivity index (χ1n) is 4.22. The number of carbonyl (C=O) groups is 1. The van der Waals surface area contributed by atoms with Crippen LogP contribution < -0.4 is 0 Å². The third kappa shape index (κ3) is 2.62. The van der Waals surface area contributed by atoms with Gasteiger partial charge in [0.25, 0.3) is 0 Å². The highest BCUT2D eigenvalue weighted by molar-refractivity contribution is 7.98. The third-order valence-corrected chi connectivity index (χ3v) is 4.80. The lowest BCUT2D eigenvalue weighted by Gasteiger charge is -1.98. The Morgan fingerprint density at radius 2 is 2.27 bits per heavy atom. The van der Waals surface area contributed by atoms with Gasteiger partial charge in [-0.05, 0) is 22.9 Å². The van der Waals surface area contributed by atoms with Crippen LogP contribution in [0.3, 0.4) is 0 Å². The maximum Gasteiger partial charge on any atom is 0.336 e. The molecule has 2 heterocycles. The van der Waals surface area contributed by atoms with E-state index in [0.29, 0.717) is 5.56 Å². The zero-order chi connectivity index (χ0) is 10.7. The molecule has 0 radical (unpaired) electrons. The summed E-state index contributed by atoms with van der Waals surface area (Å²) in [5, 5.41) is 14.8. The molecule has 0 fully saturated rings. The summed E-state index contributed by atoms with van der Waals surface area (Å²) >= 11 is 4.83. The zero-order valence-corrected chi connectivity index (χ0v) is 10.1. The van der Waals surface area contributed by atoms with Gasteiger partial charge in [0, 0.05) is 20.9 Å². The molecule has 1 N–H and O–H groups in total. The molecule has 0 aliphatic heterocycles. The first-order valence-corrected chi connectivity index (χ1v) is 7.03. The van der Waals surface area contributed by atoms with Crippen LogP contribution in [0.4, 0.5) is 0 Å². The number of hydrogen-bond donors (Lipinski definition) is 1. The molecular weight excluding hydrogens is 248 g/mol. The molecule has 2 rings (SSSR count). The van der Waals surface area contributed by atoms with Gasteiger partial charge in [-0.1, -0.05) is 0 Å². The Morgan fingerprint density at radius 3 is 2.93 bits per heavy atom. The maximum absolute atomic E-state index is 10.8. The molecule has 2 nitrogen and oxygen atoms in total. The van der Waals surface area contributed by atoms with Crippen LogP contribution in [0.5, 0.6) is 0 Å². The predicted molar refractivity (Wildman–Crippen MR) is 65.2 cm³/mol. The monoisotopic (exact) mass is 256 g/mol. The minimum Gasteiger partial charge on any atom is -0.478 e. The molecular formula is C10H8O2S3. The van der Waals surface area contributed by atoms with Crippen molar-refractivity contribution in [3.63, 3.8) is 0 Å². The van der Waals surface area contributed by atoms with Crippen LogP contribution in [-0.4, -0.2) is 11.1 Å². The molecule has 0 amide bonds. The number of rotatable bonds is 4. The smallest absolute Gasteiger partial charge is 0.336 e. The summed E-state index contributed by atoms with van der Waals surface area (Å²) < 4.78 is 0. The Labute approximate surface area is 99.6 Å². The van der Waals surface area contributed by atoms with Gasteiger partial charge < -0.3 is 5.11 Å². The van der Waals surface area contributed by atoms with E-state index in [1.807, 2.05) is 16.8 Å². The molecule has 0 saturated heterocycles. The Morgan fingerprint density at radius 1 is 1.40 bits per heavy atom. The minimum absolute atomic E-state index is 0.433. The lowest BCUT2D eigenvalue weighted by Crippen LogP contribution is -1.96. The Kier molecular flexibility index (Phi) is 3.45. The summed E-state index contributed by atoms with van der Waals surface area (Å²) in [7, 11) is 0. The number of aromatic carboxylic acids is 1. The van der Waals surface area contributed by atoms with E-state index in [2.05, 4.69) is 5.38 Å². The number of thiophene rings is 2. The maximum atomic E-state index is 10.8. The second kappa shape index (κ2) is 4.83.